The second kappa shape index (κ2) is 8.40. The van der Waals surface area contributed by atoms with Crippen LogP contribution in [-0.4, -0.2) is 24.6 Å². The van der Waals surface area contributed by atoms with Gasteiger partial charge in [0.25, 0.3) is 0 Å². The van der Waals surface area contributed by atoms with E-state index in [1.54, 1.807) is 19.1 Å². The first-order chi connectivity index (χ1) is 7.97. The second-order valence-corrected chi connectivity index (χ2v) is 3.72. The lowest BCUT2D eigenvalue weighted by Gasteiger charge is -2.16. The predicted octanol–water partition coefficient (Wildman–Crippen LogP) is 1.70. The van der Waals surface area contributed by atoms with Crippen LogP contribution in [0.4, 0.5) is 0 Å². The van der Waals surface area contributed by atoms with Crippen molar-refractivity contribution in [2.75, 3.05) is 6.61 Å². The third kappa shape index (κ3) is 8.09. The Hall–Kier alpha value is -1.76. The van der Waals surface area contributed by atoms with Gasteiger partial charge in [0.05, 0.1) is 0 Å². The maximum Gasteiger partial charge on any atom is 0.384 e. The van der Waals surface area contributed by atoms with Gasteiger partial charge < -0.3 is 9.47 Å². The largest absolute Gasteiger partial charge is 0.462 e. The molecule has 0 aromatic carbocycles. The lowest BCUT2D eigenvalue weighted by Crippen LogP contribution is -2.20. The topological polar surface area (TPSA) is 52.6 Å². The quantitative estimate of drug-likeness (QED) is 0.316. The van der Waals surface area contributed by atoms with Gasteiger partial charge >= 0.3 is 11.9 Å². The third-order valence-corrected chi connectivity index (χ3v) is 1.84. The molecule has 0 rings (SSSR count). The molecule has 4 nitrogen and oxygen atoms in total. The zero-order chi connectivity index (χ0) is 13.3. The summed E-state index contributed by atoms with van der Waals surface area (Å²) in [6.07, 6.45) is 2.99. The monoisotopic (exact) mass is 238 g/mol. The van der Waals surface area contributed by atoms with Gasteiger partial charge in [-0.2, -0.15) is 0 Å². The smallest absolute Gasteiger partial charge is 0.384 e. The first-order valence-electron chi connectivity index (χ1n) is 5.40. The second-order valence-electron chi connectivity index (χ2n) is 3.72. The van der Waals surface area contributed by atoms with E-state index in [-0.39, 0.29) is 24.6 Å². The summed E-state index contributed by atoms with van der Waals surface area (Å²) >= 11 is 0. The molecule has 0 aliphatic heterocycles. The van der Waals surface area contributed by atoms with E-state index in [0.29, 0.717) is 0 Å². The van der Waals surface area contributed by atoms with E-state index in [2.05, 4.69) is 11.8 Å². The molecule has 0 amide bonds. The minimum absolute atomic E-state index is 0.131. The van der Waals surface area contributed by atoms with Crippen molar-refractivity contribution in [3.05, 3.63) is 12.2 Å². The molecule has 0 spiro atoms. The van der Waals surface area contributed by atoms with Crippen LogP contribution in [-0.2, 0) is 19.1 Å². The van der Waals surface area contributed by atoms with Gasteiger partial charge in [0.2, 0.25) is 0 Å². The molecule has 0 radical (unpaired) electrons. The van der Waals surface area contributed by atoms with Gasteiger partial charge in [-0.1, -0.05) is 19.8 Å². The van der Waals surface area contributed by atoms with Crippen LogP contribution in [0.15, 0.2) is 12.2 Å². The van der Waals surface area contributed by atoms with E-state index in [1.807, 2.05) is 13.8 Å². The summed E-state index contributed by atoms with van der Waals surface area (Å²) < 4.78 is 9.85. The minimum atomic E-state index is -0.552. The summed E-state index contributed by atoms with van der Waals surface area (Å²) in [5, 5.41) is 0. The molecule has 1 atom stereocenters. The molecule has 0 aliphatic carbocycles. The van der Waals surface area contributed by atoms with Gasteiger partial charge in [0, 0.05) is 12.8 Å². The van der Waals surface area contributed by atoms with E-state index in [4.69, 9.17) is 9.47 Å². The lowest BCUT2D eigenvalue weighted by molar-refractivity contribution is -0.142. The SMILES string of the molecule is CC#CC(=O)OC(/C=C\COC(C)=O)C(C)C. The van der Waals surface area contributed by atoms with Gasteiger partial charge in [-0.05, 0) is 25.0 Å². The van der Waals surface area contributed by atoms with Gasteiger partial charge in [-0.3, -0.25) is 4.79 Å². The number of hydrogen-bond acceptors (Lipinski definition) is 4. The lowest BCUT2D eigenvalue weighted by atomic mass is 10.1. The van der Waals surface area contributed by atoms with Gasteiger partial charge in [0.1, 0.15) is 12.7 Å². The zero-order valence-corrected chi connectivity index (χ0v) is 10.6. The fourth-order valence-corrected chi connectivity index (χ4v) is 1.01. The number of carbonyl (C=O) groups excluding carboxylic acids is 2. The van der Waals surface area contributed by atoms with Crippen molar-refractivity contribution in [3.63, 3.8) is 0 Å². The first kappa shape index (κ1) is 15.2. The van der Waals surface area contributed by atoms with Crippen LogP contribution in [0.5, 0.6) is 0 Å². The summed E-state index contributed by atoms with van der Waals surface area (Å²) in [5.41, 5.74) is 0. The Bertz CT molecular complexity index is 344. The van der Waals surface area contributed by atoms with Crippen molar-refractivity contribution in [1.29, 1.82) is 0 Å². The Morgan fingerprint density at radius 2 is 2.00 bits per heavy atom. The van der Waals surface area contributed by atoms with Crippen LogP contribution in [0, 0.1) is 17.8 Å². The highest BCUT2D eigenvalue weighted by atomic mass is 16.5. The van der Waals surface area contributed by atoms with Crippen molar-refractivity contribution in [1.82, 2.24) is 0 Å². The number of rotatable bonds is 5. The Morgan fingerprint density at radius 3 is 2.47 bits per heavy atom. The average molecular weight is 238 g/mol. The Balaban J connectivity index is 4.27. The van der Waals surface area contributed by atoms with Crippen LogP contribution in [0.2, 0.25) is 0 Å². The number of esters is 2. The summed E-state index contributed by atoms with van der Waals surface area (Å²) in [6.45, 7) is 6.93. The Morgan fingerprint density at radius 1 is 1.35 bits per heavy atom. The highest BCUT2D eigenvalue weighted by Gasteiger charge is 2.13. The van der Waals surface area contributed by atoms with Crippen LogP contribution >= 0.6 is 0 Å². The van der Waals surface area contributed by atoms with Gasteiger partial charge in [0.15, 0.2) is 0 Å². The molecule has 0 saturated heterocycles. The summed E-state index contributed by atoms with van der Waals surface area (Å²) in [6, 6.07) is 0. The van der Waals surface area contributed by atoms with Crippen LogP contribution in [0.3, 0.4) is 0 Å². The Labute approximate surface area is 102 Å². The molecule has 0 aliphatic rings. The van der Waals surface area contributed by atoms with Gasteiger partial charge in [-0.25, -0.2) is 4.79 Å². The fraction of sp³-hybridized carbons (Fsp3) is 0.538. The molecule has 0 bridgehead atoms. The minimum Gasteiger partial charge on any atom is -0.462 e. The van der Waals surface area contributed by atoms with Crippen molar-refractivity contribution >= 4 is 11.9 Å². The summed E-state index contributed by atoms with van der Waals surface area (Å²) in [7, 11) is 0. The van der Waals surface area contributed by atoms with E-state index < -0.39 is 5.97 Å². The molecule has 1 unspecified atom stereocenters. The number of ether oxygens (including phenoxy) is 2. The molecular weight excluding hydrogens is 220 g/mol. The molecule has 0 aromatic rings. The maximum absolute atomic E-state index is 11.2. The highest BCUT2D eigenvalue weighted by Crippen LogP contribution is 2.08. The third-order valence-electron chi connectivity index (χ3n) is 1.84. The summed E-state index contributed by atoms with van der Waals surface area (Å²) in [5.74, 6) is 4.02. The molecule has 94 valence electrons. The molecule has 0 heterocycles. The van der Waals surface area contributed by atoms with Crippen LogP contribution < -0.4 is 0 Å². The molecule has 0 N–H and O–H groups in total. The van der Waals surface area contributed by atoms with E-state index in [1.165, 1.54) is 6.92 Å². The maximum atomic E-state index is 11.2. The average Bonchev–Trinajstić information content (AvgIpc) is 2.22. The summed E-state index contributed by atoms with van der Waals surface area (Å²) in [4.78, 5) is 21.7. The molecule has 0 fully saturated rings. The molecular formula is C13H18O4. The standard InChI is InChI=1S/C13H18O4/c1-5-7-13(15)17-12(10(2)3)8-6-9-16-11(4)14/h6,8,10,12H,9H2,1-4H3/b8-6-. The van der Waals surface area contributed by atoms with Crippen molar-refractivity contribution in [2.45, 2.75) is 33.8 Å². The first-order valence-corrected chi connectivity index (χ1v) is 5.40. The highest BCUT2D eigenvalue weighted by molar-refractivity contribution is 5.88. The van der Waals surface area contributed by atoms with Gasteiger partial charge in [-0.15, -0.1) is 0 Å². The molecule has 0 aromatic heterocycles. The van der Waals surface area contributed by atoms with Crippen molar-refractivity contribution in [2.24, 2.45) is 5.92 Å². The normalized spacial score (nSPS) is 11.8. The van der Waals surface area contributed by atoms with Crippen molar-refractivity contribution in [3.8, 4) is 11.8 Å². The van der Waals surface area contributed by atoms with Crippen LogP contribution in [0.1, 0.15) is 27.7 Å². The molecule has 0 saturated carbocycles. The van der Waals surface area contributed by atoms with Crippen molar-refractivity contribution < 1.29 is 19.1 Å². The van der Waals surface area contributed by atoms with E-state index in [0.717, 1.165) is 0 Å². The fourth-order valence-electron chi connectivity index (χ4n) is 1.01. The number of carbonyl (C=O) groups is 2. The van der Waals surface area contributed by atoms with Crippen LogP contribution in [0.25, 0.3) is 0 Å². The van der Waals surface area contributed by atoms with E-state index in [9.17, 15) is 9.59 Å². The Kier molecular flexibility index (Phi) is 7.53. The molecule has 17 heavy (non-hydrogen) atoms. The number of hydrogen-bond donors (Lipinski definition) is 0. The zero-order valence-electron chi connectivity index (χ0n) is 10.6. The van der Waals surface area contributed by atoms with E-state index >= 15 is 0 Å². The molecule has 4 heteroatoms. The predicted molar refractivity (Wildman–Crippen MR) is 63.9 cm³/mol.